The van der Waals surface area contributed by atoms with E-state index in [1.54, 1.807) is 4.90 Å². The van der Waals surface area contributed by atoms with Crippen LogP contribution in [0.3, 0.4) is 0 Å². The molecule has 0 radical (unpaired) electrons. The fraction of sp³-hybridized carbons (Fsp3) is 0.333. The Bertz CT molecular complexity index is 747. The number of amides is 1. The standard InChI is InChI=1S/C18H19NO4/c1-2-15-14(18(21)22)10-16(23-15)17(20)19-9-5-8-12-6-3-4-7-13(12)11-19/h3-4,6-7,10H,2,5,8-9,11H2,1H3,(H,21,22). The molecular formula is C18H19NO4. The van der Waals surface area contributed by atoms with Crippen LogP contribution in [0.1, 0.15) is 51.1 Å². The number of hydrogen-bond acceptors (Lipinski definition) is 3. The third kappa shape index (κ3) is 2.99. The zero-order valence-electron chi connectivity index (χ0n) is 13.0. The van der Waals surface area contributed by atoms with E-state index < -0.39 is 5.97 Å². The minimum Gasteiger partial charge on any atom is -0.478 e. The molecule has 1 amide bonds. The van der Waals surface area contributed by atoms with Crippen molar-refractivity contribution in [1.82, 2.24) is 4.90 Å². The molecular weight excluding hydrogens is 294 g/mol. The van der Waals surface area contributed by atoms with E-state index in [2.05, 4.69) is 6.07 Å². The second-order valence-electron chi connectivity index (χ2n) is 5.71. The molecule has 1 aliphatic heterocycles. The van der Waals surface area contributed by atoms with Crippen LogP contribution in [0.25, 0.3) is 0 Å². The average molecular weight is 313 g/mol. The lowest BCUT2D eigenvalue weighted by atomic mass is 10.0. The molecule has 2 heterocycles. The van der Waals surface area contributed by atoms with Crippen LogP contribution in [0.2, 0.25) is 0 Å². The predicted octanol–water partition coefficient (Wildman–Crippen LogP) is 3.13. The number of fused-ring (bicyclic) bond motifs is 1. The second kappa shape index (κ2) is 6.28. The van der Waals surface area contributed by atoms with Gasteiger partial charge in [-0.05, 0) is 24.0 Å². The van der Waals surface area contributed by atoms with Gasteiger partial charge in [0.25, 0.3) is 5.91 Å². The molecule has 0 fully saturated rings. The van der Waals surface area contributed by atoms with Gasteiger partial charge in [0.15, 0.2) is 5.76 Å². The van der Waals surface area contributed by atoms with Crippen molar-refractivity contribution in [3.8, 4) is 0 Å². The van der Waals surface area contributed by atoms with E-state index in [1.807, 2.05) is 25.1 Å². The normalized spacial score (nSPS) is 14.2. The van der Waals surface area contributed by atoms with Gasteiger partial charge in [0.2, 0.25) is 0 Å². The maximum Gasteiger partial charge on any atom is 0.339 e. The van der Waals surface area contributed by atoms with Crippen LogP contribution in [0.4, 0.5) is 0 Å². The number of furan rings is 1. The Morgan fingerprint density at radius 2 is 2.00 bits per heavy atom. The average Bonchev–Trinajstić information content (AvgIpc) is 2.87. The molecule has 1 N–H and O–H groups in total. The van der Waals surface area contributed by atoms with Crippen molar-refractivity contribution in [3.63, 3.8) is 0 Å². The summed E-state index contributed by atoms with van der Waals surface area (Å²) in [6, 6.07) is 9.45. The molecule has 1 aromatic carbocycles. The molecule has 0 atom stereocenters. The summed E-state index contributed by atoms with van der Waals surface area (Å²) in [7, 11) is 0. The number of hydrogen-bond donors (Lipinski definition) is 1. The molecule has 0 saturated carbocycles. The summed E-state index contributed by atoms with van der Waals surface area (Å²) in [4.78, 5) is 25.7. The molecule has 1 aromatic heterocycles. The highest BCUT2D eigenvalue weighted by molar-refractivity contribution is 5.96. The number of benzene rings is 1. The Morgan fingerprint density at radius 1 is 1.26 bits per heavy atom. The van der Waals surface area contributed by atoms with Crippen LogP contribution >= 0.6 is 0 Å². The lowest BCUT2D eigenvalue weighted by molar-refractivity contribution is 0.0690. The number of aromatic carboxylic acids is 1. The summed E-state index contributed by atoms with van der Waals surface area (Å²) < 4.78 is 5.50. The fourth-order valence-corrected chi connectivity index (χ4v) is 3.01. The van der Waals surface area contributed by atoms with Gasteiger partial charge in [-0.2, -0.15) is 0 Å². The quantitative estimate of drug-likeness (QED) is 0.945. The van der Waals surface area contributed by atoms with Gasteiger partial charge >= 0.3 is 5.97 Å². The number of carboxylic acid groups (broad SMARTS) is 1. The second-order valence-corrected chi connectivity index (χ2v) is 5.71. The van der Waals surface area contributed by atoms with Crippen LogP contribution < -0.4 is 0 Å². The van der Waals surface area contributed by atoms with E-state index >= 15 is 0 Å². The molecule has 0 saturated heterocycles. The van der Waals surface area contributed by atoms with Crippen LogP contribution in [0.15, 0.2) is 34.7 Å². The fourth-order valence-electron chi connectivity index (χ4n) is 3.01. The van der Waals surface area contributed by atoms with Crippen molar-refractivity contribution in [1.29, 1.82) is 0 Å². The minimum atomic E-state index is -1.06. The molecule has 3 rings (SSSR count). The Balaban J connectivity index is 1.87. The van der Waals surface area contributed by atoms with Gasteiger partial charge in [-0.15, -0.1) is 0 Å². The van der Waals surface area contributed by atoms with Crippen molar-refractivity contribution < 1.29 is 19.1 Å². The van der Waals surface area contributed by atoms with Gasteiger partial charge < -0.3 is 14.4 Å². The molecule has 1 aliphatic rings. The Morgan fingerprint density at radius 3 is 2.65 bits per heavy atom. The minimum absolute atomic E-state index is 0.0751. The first-order valence-electron chi connectivity index (χ1n) is 7.82. The third-order valence-corrected chi connectivity index (χ3v) is 4.21. The Kier molecular flexibility index (Phi) is 4.19. The lowest BCUT2D eigenvalue weighted by Gasteiger charge is -2.19. The number of carboxylic acids is 1. The molecule has 5 heteroatoms. The van der Waals surface area contributed by atoms with E-state index in [4.69, 9.17) is 4.42 Å². The summed E-state index contributed by atoms with van der Waals surface area (Å²) >= 11 is 0. The zero-order chi connectivity index (χ0) is 16.4. The molecule has 5 nitrogen and oxygen atoms in total. The highest BCUT2D eigenvalue weighted by atomic mass is 16.4. The lowest BCUT2D eigenvalue weighted by Crippen LogP contribution is -2.30. The highest BCUT2D eigenvalue weighted by Gasteiger charge is 2.25. The Hall–Kier alpha value is -2.56. The van der Waals surface area contributed by atoms with Crippen molar-refractivity contribution >= 4 is 11.9 Å². The van der Waals surface area contributed by atoms with Gasteiger partial charge in [0.05, 0.1) is 0 Å². The van der Waals surface area contributed by atoms with Gasteiger partial charge in [-0.25, -0.2) is 4.79 Å². The van der Waals surface area contributed by atoms with Gasteiger partial charge in [-0.1, -0.05) is 31.2 Å². The molecule has 0 spiro atoms. The highest BCUT2D eigenvalue weighted by Crippen LogP contribution is 2.22. The topological polar surface area (TPSA) is 70.8 Å². The van der Waals surface area contributed by atoms with Crippen LogP contribution in [0.5, 0.6) is 0 Å². The molecule has 120 valence electrons. The van der Waals surface area contributed by atoms with Crippen molar-refractivity contribution in [3.05, 3.63) is 58.5 Å². The predicted molar refractivity (Wildman–Crippen MR) is 84.5 cm³/mol. The molecule has 0 unspecified atom stereocenters. The van der Waals surface area contributed by atoms with Crippen LogP contribution in [-0.4, -0.2) is 28.4 Å². The third-order valence-electron chi connectivity index (χ3n) is 4.21. The van der Waals surface area contributed by atoms with Crippen molar-refractivity contribution in [2.75, 3.05) is 6.54 Å². The van der Waals surface area contributed by atoms with E-state index in [1.165, 1.54) is 11.6 Å². The summed E-state index contributed by atoms with van der Waals surface area (Å²) in [6.45, 7) is 2.97. The van der Waals surface area contributed by atoms with E-state index in [0.717, 1.165) is 18.4 Å². The number of aryl methyl sites for hydroxylation is 2. The largest absolute Gasteiger partial charge is 0.478 e. The van der Waals surface area contributed by atoms with Gasteiger partial charge in [0, 0.05) is 25.6 Å². The maximum atomic E-state index is 12.7. The van der Waals surface area contributed by atoms with Crippen molar-refractivity contribution in [2.45, 2.75) is 32.7 Å². The van der Waals surface area contributed by atoms with Gasteiger partial charge in [0.1, 0.15) is 11.3 Å². The van der Waals surface area contributed by atoms with E-state index in [-0.39, 0.29) is 17.2 Å². The number of carbonyl (C=O) groups excluding carboxylic acids is 1. The first-order valence-corrected chi connectivity index (χ1v) is 7.82. The summed E-state index contributed by atoms with van der Waals surface area (Å²) in [6.07, 6.45) is 2.27. The molecule has 0 aliphatic carbocycles. The summed E-state index contributed by atoms with van der Waals surface area (Å²) in [5.74, 6) is -0.857. The summed E-state index contributed by atoms with van der Waals surface area (Å²) in [5.41, 5.74) is 2.48. The molecule has 0 bridgehead atoms. The SMILES string of the molecule is CCc1oc(C(=O)N2CCCc3ccccc3C2)cc1C(=O)O. The monoisotopic (exact) mass is 313 g/mol. The first kappa shape index (κ1) is 15.3. The Labute approximate surface area is 134 Å². The molecule has 23 heavy (non-hydrogen) atoms. The van der Waals surface area contributed by atoms with E-state index in [9.17, 15) is 14.7 Å². The first-order chi connectivity index (χ1) is 11.1. The molecule has 2 aromatic rings. The summed E-state index contributed by atoms with van der Waals surface area (Å²) in [5, 5.41) is 9.19. The van der Waals surface area contributed by atoms with E-state index in [0.29, 0.717) is 25.3 Å². The van der Waals surface area contributed by atoms with Gasteiger partial charge in [-0.3, -0.25) is 4.79 Å². The number of carbonyl (C=O) groups is 2. The van der Waals surface area contributed by atoms with Crippen molar-refractivity contribution in [2.24, 2.45) is 0 Å². The number of rotatable bonds is 3. The maximum absolute atomic E-state index is 12.7. The van der Waals surface area contributed by atoms with Crippen LogP contribution in [-0.2, 0) is 19.4 Å². The van der Waals surface area contributed by atoms with Crippen LogP contribution in [0, 0.1) is 0 Å². The smallest absolute Gasteiger partial charge is 0.339 e. The number of nitrogens with zero attached hydrogens (tertiary/aromatic N) is 1. The zero-order valence-corrected chi connectivity index (χ0v) is 13.0.